The lowest BCUT2D eigenvalue weighted by Crippen LogP contribution is -2.52. The fourth-order valence-electron chi connectivity index (χ4n) is 4.90. The number of nitrogens with one attached hydrogen (secondary N) is 1. The zero-order valence-electron chi connectivity index (χ0n) is 21.7. The van der Waals surface area contributed by atoms with Gasteiger partial charge in [0.05, 0.1) is 23.8 Å². The van der Waals surface area contributed by atoms with E-state index in [0.29, 0.717) is 49.4 Å². The van der Waals surface area contributed by atoms with Gasteiger partial charge in [0.25, 0.3) is 0 Å². The summed E-state index contributed by atoms with van der Waals surface area (Å²) in [7, 11) is 0. The van der Waals surface area contributed by atoms with Gasteiger partial charge in [-0.15, -0.1) is 0 Å². The van der Waals surface area contributed by atoms with Crippen molar-refractivity contribution in [2.45, 2.75) is 38.3 Å². The number of ether oxygens (including phenoxy) is 1. The van der Waals surface area contributed by atoms with Crippen LogP contribution in [0.4, 0.5) is 19.0 Å². The smallest absolute Gasteiger partial charge is 0.392 e. The van der Waals surface area contributed by atoms with Gasteiger partial charge in [0.2, 0.25) is 5.91 Å². The number of aliphatic hydroxyl groups is 1. The Morgan fingerprint density at radius 1 is 1.07 bits per heavy atom. The second-order valence-electron chi connectivity index (χ2n) is 9.93. The number of fused-ring (bicyclic) bond motifs is 3. The van der Waals surface area contributed by atoms with E-state index >= 15 is 0 Å². The van der Waals surface area contributed by atoms with Crippen LogP contribution in [0.25, 0.3) is 21.7 Å². The van der Waals surface area contributed by atoms with Gasteiger partial charge in [-0.2, -0.15) is 13.2 Å². The second-order valence-corrected chi connectivity index (χ2v) is 9.93. The molecular formula is C29H30F3N5O3. The summed E-state index contributed by atoms with van der Waals surface area (Å²) in [4.78, 5) is 22.9. The van der Waals surface area contributed by atoms with Crippen molar-refractivity contribution in [1.29, 1.82) is 0 Å². The number of hydrogen-bond acceptors (Lipinski definition) is 7. The number of primary amides is 1. The molecule has 5 rings (SSSR count). The van der Waals surface area contributed by atoms with Crippen LogP contribution < -0.4 is 16.0 Å². The van der Waals surface area contributed by atoms with Crippen molar-refractivity contribution in [2.24, 2.45) is 5.73 Å². The van der Waals surface area contributed by atoms with E-state index in [-0.39, 0.29) is 11.7 Å². The Labute approximate surface area is 229 Å². The van der Waals surface area contributed by atoms with E-state index in [1.54, 1.807) is 30.6 Å². The maximum atomic E-state index is 13.1. The van der Waals surface area contributed by atoms with E-state index in [0.717, 1.165) is 47.0 Å². The van der Waals surface area contributed by atoms with E-state index in [9.17, 15) is 23.1 Å². The van der Waals surface area contributed by atoms with Crippen molar-refractivity contribution in [2.75, 3.05) is 31.1 Å². The largest absolute Gasteiger partial charge is 0.416 e. The molecule has 3 heterocycles. The number of hydrogen-bond donors (Lipinski definition) is 3. The fourth-order valence-corrected chi connectivity index (χ4v) is 4.90. The van der Waals surface area contributed by atoms with Crippen LogP contribution in [0.1, 0.15) is 39.9 Å². The van der Waals surface area contributed by atoms with Crippen molar-refractivity contribution in [1.82, 2.24) is 15.3 Å². The van der Waals surface area contributed by atoms with Crippen molar-refractivity contribution < 1.29 is 27.8 Å². The first-order valence-electron chi connectivity index (χ1n) is 13.1. The standard InChI is InChI=1S/C29H30F3N5O3/c30-29(31,32)21-10-18(9-19(11-21)17-38)13-34-6-1-2-8-40-22-15-37(16-22)28-24-5-7-35-14-25(24)23-4-3-20(27(33)39)12-26(23)36-28/h3-5,7,9-12,14,22,34,38H,1-2,6,8,13,15-17H2,(H2,33,39). The summed E-state index contributed by atoms with van der Waals surface area (Å²) in [6.45, 7) is 2.44. The minimum absolute atomic E-state index is 0.0707. The Kier molecular flexibility index (Phi) is 8.15. The number of halogens is 3. The Morgan fingerprint density at radius 2 is 1.88 bits per heavy atom. The number of unbranched alkanes of at least 4 members (excludes halogenated alkanes) is 1. The number of nitrogens with zero attached hydrogens (tertiary/aromatic N) is 3. The lowest BCUT2D eigenvalue weighted by Gasteiger charge is -2.40. The average molecular weight is 554 g/mol. The third-order valence-electron chi connectivity index (χ3n) is 7.00. The highest BCUT2D eigenvalue weighted by molar-refractivity contribution is 6.11. The van der Waals surface area contributed by atoms with E-state index in [4.69, 9.17) is 15.5 Å². The molecule has 1 amide bonds. The maximum Gasteiger partial charge on any atom is 0.416 e. The Hall–Kier alpha value is -3.80. The zero-order valence-corrected chi connectivity index (χ0v) is 21.7. The highest BCUT2D eigenvalue weighted by Crippen LogP contribution is 2.34. The van der Waals surface area contributed by atoms with Gasteiger partial charge in [0, 0.05) is 60.4 Å². The molecule has 210 valence electrons. The summed E-state index contributed by atoms with van der Waals surface area (Å²) >= 11 is 0. The lowest BCUT2D eigenvalue weighted by molar-refractivity contribution is -0.137. The lowest BCUT2D eigenvalue weighted by atomic mass is 10.0. The number of amides is 1. The second kappa shape index (κ2) is 11.7. The third-order valence-corrected chi connectivity index (χ3v) is 7.00. The molecule has 1 aliphatic heterocycles. The molecule has 0 atom stereocenters. The van der Waals surface area contributed by atoms with Gasteiger partial charge < -0.3 is 25.8 Å². The van der Waals surface area contributed by atoms with Crippen LogP contribution in [0.2, 0.25) is 0 Å². The van der Waals surface area contributed by atoms with Gasteiger partial charge in [-0.05, 0) is 60.8 Å². The number of nitrogens with two attached hydrogens (primary N) is 1. The molecule has 4 N–H and O–H groups in total. The molecule has 8 nitrogen and oxygen atoms in total. The zero-order chi connectivity index (χ0) is 28.3. The summed E-state index contributed by atoms with van der Waals surface area (Å²) in [5.41, 5.74) is 6.52. The molecular weight excluding hydrogens is 523 g/mol. The Balaban J connectivity index is 1.09. The number of pyridine rings is 2. The summed E-state index contributed by atoms with van der Waals surface area (Å²) in [6.07, 6.45) is 0.782. The quantitative estimate of drug-likeness (QED) is 0.189. The molecule has 0 bridgehead atoms. The minimum Gasteiger partial charge on any atom is -0.392 e. The predicted octanol–water partition coefficient (Wildman–Crippen LogP) is 4.17. The van der Waals surface area contributed by atoms with Gasteiger partial charge in [0.15, 0.2) is 0 Å². The van der Waals surface area contributed by atoms with Gasteiger partial charge in [-0.3, -0.25) is 9.78 Å². The van der Waals surface area contributed by atoms with E-state index in [1.807, 2.05) is 12.1 Å². The Bertz CT molecular complexity index is 1520. The first-order chi connectivity index (χ1) is 19.2. The number of carbonyl (C=O) groups excluding carboxylic acids is 1. The summed E-state index contributed by atoms with van der Waals surface area (Å²) in [6, 6.07) is 10.8. The summed E-state index contributed by atoms with van der Waals surface area (Å²) in [5.74, 6) is 0.310. The normalized spacial score (nSPS) is 14.2. The molecule has 0 spiro atoms. The molecule has 4 aromatic rings. The number of rotatable bonds is 11. The van der Waals surface area contributed by atoms with Crippen molar-refractivity contribution in [3.8, 4) is 0 Å². The molecule has 40 heavy (non-hydrogen) atoms. The summed E-state index contributed by atoms with van der Waals surface area (Å²) in [5, 5.41) is 15.3. The van der Waals surface area contributed by atoms with E-state index < -0.39 is 24.3 Å². The molecule has 0 radical (unpaired) electrons. The van der Waals surface area contributed by atoms with Gasteiger partial charge >= 0.3 is 6.18 Å². The van der Waals surface area contributed by atoms with Crippen LogP contribution in [-0.2, 0) is 24.1 Å². The molecule has 11 heteroatoms. The van der Waals surface area contributed by atoms with Crippen LogP contribution in [-0.4, -0.2) is 53.3 Å². The average Bonchev–Trinajstić information content (AvgIpc) is 2.92. The highest BCUT2D eigenvalue weighted by Gasteiger charge is 2.31. The first-order valence-corrected chi connectivity index (χ1v) is 13.1. The Morgan fingerprint density at radius 3 is 2.62 bits per heavy atom. The van der Waals surface area contributed by atoms with E-state index in [1.165, 1.54) is 0 Å². The van der Waals surface area contributed by atoms with Crippen molar-refractivity contribution >= 4 is 33.4 Å². The molecule has 0 saturated carbocycles. The number of benzene rings is 2. The number of aromatic nitrogens is 2. The van der Waals surface area contributed by atoms with Crippen molar-refractivity contribution in [3.63, 3.8) is 0 Å². The predicted molar refractivity (Wildman–Crippen MR) is 146 cm³/mol. The van der Waals surface area contributed by atoms with Crippen LogP contribution in [0, 0.1) is 0 Å². The molecule has 1 fully saturated rings. The van der Waals surface area contributed by atoms with Gasteiger partial charge in [-0.25, -0.2) is 4.98 Å². The minimum atomic E-state index is -4.45. The molecule has 1 saturated heterocycles. The molecule has 1 aliphatic rings. The van der Waals surface area contributed by atoms with Crippen molar-refractivity contribution in [3.05, 3.63) is 77.1 Å². The molecule has 0 aliphatic carbocycles. The first kappa shape index (κ1) is 27.8. The topological polar surface area (TPSA) is 114 Å². The number of aliphatic hydroxyl groups excluding tert-OH is 1. The molecule has 2 aromatic carbocycles. The highest BCUT2D eigenvalue weighted by atomic mass is 19.4. The monoisotopic (exact) mass is 553 g/mol. The molecule has 2 aromatic heterocycles. The number of anilines is 1. The molecule has 0 unspecified atom stereocenters. The summed E-state index contributed by atoms with van der Waals surface area (Å²) < 4.78 is 45.2. The van der Waals surface area contributed by atoms with Crippen LogP contribution >= 0.6 is 0 Å². The number of carbonyl (C=O) groups is 1. The SMILES string of the molecule is NC(=O)c1ccc2c(c1)nc(N1CC(OCCCCNCc3cc(CO)cc(C(F)(F)F)c3)C1)c1ccncc12. The third kappa shape index (κ3) is 6.16. The van der Waals surface area contributed by atoms with E-state index in [2.05, 4.69) is 15.2 Å². The van der Waals surface area contributed by atoms with Gasteiger partial charge in [-0.1, -0.05) is 12.1 Å². The van der Waals surface area contributed by atoms with Crippen LogP contribution in [0.3, 0.4) is 0 Å². The number of alkyl halides is 3. The van der Waals surface area contributed by atoms with Crippen LogP contribution in [0.5, 0.6) is 0 Å². The maximum absolute atomic E-state index is 13.1. The fraction of sp³-hybridized carbons (Fsp3) is 0.345. The van der Waals surface area contributed by atoms with Gasteiger partial charge in [0.1, 0.15) is 5.82 Å². The van der Waals surface area contributed by atoms with Crippen LogP contribution in [0.15, 0.2) is 54.9 Å².